The van der Waals surface area contributed by atoms with Crippen LogP contribution in [-0.4, -0.2) is 142 Å². The predicted molar refractivity (Wildman–Crippen MR) is 292 cm³/mol. The molecule has 13 rings (SSSR count). The highest BCUT2D eigenvalue weighted by molar-refractivity contribution is 6.04. The van der Waals surface area contributed by atoms with E-state index in [1.54, 1.807) is 27.8 Å². The fraction of sp³-hybridized carbons (Fsp3) is 0.517. The Balaban J connectivity index is 0.638. The number of anilines is 2. The van der Waals surface area contributed by atoms with Gasteiger partial charge >= 0.3 is 12.1 Å². The minimum absolute atomic E-state index is 0.00779. The second kappa shape index (κ2) is 20.9. The third-order valence-electron chi connectivity index (χ3n) is 18.5. The van der Waals surface area contributed by atoms with Crippen LogP contribution >= 0.6 is 0 Å². The highest BCUT2D eigenvalue weighted by atomic mass is 19.1. The van der Waals surface area contributed by atoms with Crippen molar-refractivity contribution in [1.82, 2.24) is 39.8 Å². The summed E-state index contributed by atoms with van der Waals surface area (Å²) < 4.78 is 69.2. The van der Waals surface area contributed by atoms with Crippen molar-refractivity contribution >= 4 is 62.0 Å². The minimum atomic E-state index is -0.992. The first-order chi connectivity index (χ1) is 38.4. The molecule has 0 spiro atoms. The maximum Gasteiger partial charge on any atom is 0.409 e. The highest BCUT2D eigenvalue weighted by Gasteiger charge is 2.50. The summed E-state index contributed by atoms with van der Waals surface area (Å²) in [6.07, 6.45) is 13.9. The molecular formula is C60H65F3N10O6. The molecule has 3 amide bonds. The van der Waals surface area contributed by atoms with Crippen LogP contribution in [0.2, 0.25) is 0 Å². The topological polar surface area (TPSA) is 160 Å². The molecular weight excluding hydrogens is 1010 g/mol. The number of amides is 3. The quantitative estimate of drug-likeness (QED) is 0.103. The number of alkyl halides is 1. The maximum atomic E-state index is 17.5. The molecule has 0 bridgehead atoms. The van der Waals surface area contributed by atoms with Gasteiger partial charge in [0.1, 0.15) is 42.2 Å². The molecule has 19 heteroatoms. The van der Waals surface area contributed by atoms with Gasteiger partial charge in [-0.3, -0.25) is 24.5 Å². The summed E-state index contributed by atoms with van der Waals surface area (Å²) in [6, 6.07) is 14.3. The summed E-state index contributed by atoms with van der Waals surface area (Å²) >= 11 is 0. The smallest absolute Gasteiger partial charge is 0.409 e. The Morgan fingerprint density at radius 3 is 2.65 bits per heavy atom. The standard InChI is InChI=1S/C60H65F3N10O6/c1-3-41-45(61)14-9-36-7-4-8-43(50(36)41)54-52(63)55-51-47(64-54)15-11-39-32-77-28-6-23-72(39)56(51)67-58(66-55)79-34-60-21-5-24-73(60)40(17-22-60)33-78-59(76)70-25-18-35(19-26-70)29-37-20-27-71(31-46(37)62)38-10-12-42-48(30-38)69(2)68-53(42)44-13-16-49(74)65-57(44)75/h1,4,7-10,12,14,30,35,37,39-40,44,46H,5-6,11,13,15-29,31-34H2,2H3,(H,65,74,75)/t37-,39+,40+,44?,46-,60+/m1/s1. The molecule has 412 valence electrons. The maximum absolute atomic E-state index is 17.5. The predicted octanol–water partition coefficient (Wildman–Crippen LogP) is 8.53. The van der Waals surface area contributed by atoms with Crippen LogP contribution in [0.5, 0.6) is 6.01 Å². The number of nitrogens with one attached hydrogen (secondary N) is 1. The molecule has 7 aliphatic rings. The number of carbonyl (C=O) groups excluding carboxylic acids is 3. The van der Waals surface area contributed by atoms with Crippen molar-refractivity contribution in [2.45, 2.75) is 113 Å². The number of piperidine rings is 3. The summed E-state index contributed by atoms with van der Waals surface area (Å²) in [5.74, 6) is 1.03. The molecule has 79 heavy (non-hydrogen) atoms. The second-order valence-electron chi connectivity index (χ2n) is 23.0. The number of pyridine rings is 1. The number of benzene rings is 3. The molecule has 6 aromatic rings. The third kappa shape index (κ3) is 9.35. The molecule has 0 saturated carbocycles. The van der Waals surface area contributed by atoms with Crippen LogP contribution in [-0.2, 0) is 32.5 Å². The van der Waals surface area contributed by atoms with Crippen LogP contribution in [0.25, 0.3) is 43.8 Å². The van der Waals surface area contributed by atoms with E-state index in [0.717, 1.165) is 87.5 Å². The Morgan fingerprint density at radius 1 is 0.937 bits per heavy atom. The lowest BCUT2D eigenvalue weighted by atomic mass is 9.82. The van der Waals surface area contributed by atoms with Gasteiger partial charge in [0, 0.05) is 80.9 Å². The van der Waals surface area contributed by atoms with Crippen LogP contribution in [0.1, 0.15) is 99.9 Å². The van der Waals surface area contributed by atoms with Crippen LogP contribution in [0.15, 0.2) is 48.5 Å². The van der Waals surface area contributed by atoms with E-state index in [0.29, 0.717) is 104 Å². The van der Waals surface area contributed by atoms with Crippen molar-refractivity contribution in [3.63, 3.8) is 0 Å². The molecule has 6 fully saturated rings. The van der Waals surface area contributed by atoms with Crippen LogP contribution in [0.3, 0.4) is 0 Å². The van der Waals surface area contributed by atoms with Crippen molar-refractivity contribution < 1.29 is 41.8 Å². The molecule has 3 aromatic carbocycles. The normalized spacial score (nSPS) is 25.8. The number of terminal acetylenes is 1. The molecule has 6 saturated heterocycles. The number of fused-ring (bicyclic) bond motifs is 5. The number of halogens is 3. The Kier molecular flexibility index (Phi) is 13.6. The average Bonchev–Trinajstić information content (AvgIpc) is 4.26. The van der Waals surface area contributed by atoms with Crippen molar-refractivity contribution in [2.24, 2.45) is 18.9 Å². The molecule has 0 radical (unpaired) electrons. The van der Waals surface area contributed by atoms with Crippen molar-refractivity contribution in [1.29, 1.82) is 0 Å². The molecule has 7 aliphatic heterocycles. The van der Waals surface area contributed by atoms with E-state index in [4.69, 9.17) is 35.6 Å². The molecule has 1 unspecified atom stereocenters. The van der Waals surface area contributed by atoms with E-state index >= 15 is 13.2 Å². The zero-order valence-corrected chi connectivity index (χ0v) is 44.5. The summed E-state index contributed by atoms with van der Waals surface area (Å²) in [5.41, 5.74) is 3.33. The number of aromatic nitrogens is 5. The van der Waals surface area contributed by atoms with Gasteiger partial charge in [0.2, 0.25) is 11.8 Å². The fourth-order valence-electron chi connectivity index (χ4n) is 14.3. The van der Waals surface area contributed by atoms with E-state index in [-0.39, 0.29) is 83.9 Å². The van der Waals surface area contributed by atoms with Gasteiger partial charge in [-0.05, 0) is 125 Å². The van der Waals surface area contributed by atoms with Crippen molar-refractivity contribution in [2.75, 3.05) is 75.5 Å². The lowest BCUT2D eigenvalue weighted by molar-refractivity contribution is -0.134. The summed E-state index contributed by atoms with van der Waals surface area (Å²) in [6.45, 7) is 5.31. The number of ether oxygens (including phenoxy) is 3. The first-order valence-corrected chi connectivity index (χ1v) is 28.4. The van der Waals surface area contributed by atoms with E-state index in [1.165, 1.54) is 6.07 Å². The number of rotatable bonds is 10. The molecule has 10 heterocycles. The SMILES string of the molecule is C#Cc1c(F)ccc2cccc(-c3nc4c5c(nc(OC[C@@]67CCCN6[C@H](COC(=O)N6CCC(C[C@H]8CCN(c9ccc%10c(C%11CCC(=O)NC%11=O)nn(C)c%10c9)C[C@H]8F)CC6)CC7)nc5c3F)N3CCCOC[C@@H]3CC4)c12. The number of hydrogen-bond acceptors (Lipinski definition) is 13. The van der Waals surface area contributed by atoms with Gasteiger partial charge in [0.05, 0.1) is 52.0 Å². The Hall–Kier alpha value is -7.04. The minimum Gasteiger partial charge on any atom is -0.461 e. The lowest BCUT2D eigenvalue weighted by Crippen LogP contribution is -2.48. The summed E-state index contributed by atoms with van der Waals surface area (Å²) in [4.78, 5) is 61.4. The van der Waals surface area contributed by atoms with Gasteiger partial charge in [-0.25, -0.2) is 22.9 Å². The van der Waals surface area contributed by atoms with Gasteiger partial charge in [-0.1, -0.05) is 30.2 Å². The van der Waals surface area contributed by atoms with Crippen molar-refractivity contribution in [3.05, 3.63) is 77.1 Å². The van der Waals surface area contributed by atoms with Crippen LogP contribution in [0, 0.1) is 35.8 Å². The fourth-order valence-corrected chi connectivity index (χ4v) is 14.3. The lowest BCUT2D eigenvalue weighted by Gasteiger charge is -2.39. The number of likely N-dealkylation sites (tertiary alicyclic amines) is 1. The first kappa shape index (κ1) is 51.4. The van der Waals surface area contributed by atoms with Gasteiger partial charge in [0.25, 0.3) is 0 Å². The molecule has 1 N–H and O–H groups in total. The van der Waals surface area contributed by atoms with E-state index in [2.05, 4.69) is 31.0 Å². The van der Waals surface area contributed by atoms with E-state index in [9.17, 15) is 14.4 Å². The van der Waals surface area contributed by atoms with Gasteiger partial charge < -0.3 is 28.9 Å². The average molecular weight is 1080 g/mol. The van der Waals surface area contributed by atoms with Crippen molar-refractivity contribution in [3.8, 4) is 29.6 Å². The van der Waals surface area contributed by atoms with Gasteiger partial charge in [0.15, 0.2) is 5.82 Å². The van der Waals surface area contributed by atoms with E-state index in [1.807, 2.05) is 31.3 Å². The zero-order valence-electron chi connectivity index (χ0n) is 44.5. The summed E-state index contributed by atoms with van der Waals surface area (Å²) in [5, 5.41) is 9.60. The number of hydrogen-bond donors (Lipinski definition) is 1. The highest BCUT2D eigenvalue weighted by Crippen LogP contribution is 2.45. The molecule has 3 aromatic heterocycles. The van der Waals surface area contributed by atoms with Crippen LogP contribution < -0.4 is 19.9 Å². The third-order valence-corrected chi connectivity index (χ3v) is 18.5. The van der Waals surface area contributed by atoms with Gasteiger partial charge in [-0.15, -0.1) is 6.42 Å². The largest absolute Gasteiger partial charge is 0.461 e. The Labute approximate surface area is 456 Å². The first-order valence-electron chi connectivity index (χ1n) is 28.4. The summed E-state index contributed by atoms with van der Waals surface area (Å²) in [7, 11) is 1.84. The second-order valence-corrected chi connectivity index (χ2v) is 23.0. The Morgan fingerprint density at radius 2 is 1.81 bits per heavy atom. The molecule has 0 aliphatic carbocycles. The monoisotopic (exact) mass is 1080 g/mol. The number of aryl methyl sites for hydroxylation is 2. The number of carbonyl (C=O) groups is 3. The molecule has 6 atom stereocenters. The zero-order chi connectivity index (χ0) is 54.1. The van der Waals surface area contributed by atoms with Crippen LogP contribution in [0.4, 0.5) is 29.5 Å². The van der Waals surface area contributed by atoms with Gasteiger partial charge in [-0.2, -0.15) is 15.1 Å². The molecule has 16 nitrogen and oxygen atoms in total. The van der Waals surface area contributed by atoms with E-state index < -0.39 is 23.7 Å². The number of imide groups is 1. The number of nitrogens with zero attached hydrogens (tertiary/aromatic N) is 9. The Bertz CT molecular complexity index is 3450.